The summed E-state index contributed by atoms with van der Waals surface area (Å²) in [4.78, 5) is 23.8. The van der Waals surface area contributed by atoms with Gasteiger partial charge in [-0.1, -0.05) is 5.16 Å². The van der Waals surface area contributed by atoms with E-state index < -0.39 is 0 Å². The van der Waals surface area contributed by atoms with E-state index in [1.807, 2.05) is 0 Å². The van der Waals surface area contributed by atoms with Crippen LogP contribution in [0.2, 0.25) is 0 Å². The third kappa shape index (κ3) is 2.41. The second-order valence-electron chi connectivity index (χ2n) is 3.55. The molecule has 1 N–H and O–H groups in total. The van der Waals surface area contributed by atoms with Gasteiger partial charge in [-0.2, -0.15) is 0 Å². The summed E-state index contributed by atoms with van der Waals surface area (Å²) in [6, 6.07) is 1.79. The Kier molecular flexibility index (Phi) is 2.51. The summed E-state index contributed by atoms with van der Waals surface area (Å²) in [5.74, 6) is 0.177. The van der Waals surface area contributed by atoms with Crippen molar-refractivity contribution in [2.75, 3.05) is 13.1 Å². The maximum absolute atomic E-state index is 11.1. The number of carbonyl (C=O) groups is 2. The molecule has 80 valence electrons. The SMILES string of the molecule is Cc1cc(CN2CC(=O)NC(=O)C2)no1. The van der Waals surface area contributed by atoms with Crippen molar-refractivity contribution in [3.05, 3.63) is 17.5 Å². The summed E-state index contributed by atoms with van der Waals surface area (Å²) in [6.07, 6.45) is 0. The zero-order valence-corrected chi connectivity index (χ0v) is 8.32. The standard InChI is InChI=1S/C9H11N3O3/c1-6-2-7(11-15-6)3-12-4-8(13)10-9(14)5-12/h2H,3-5H2,1H3,(H,10,13,14). The number of nitrogens with one attached hydrogen (secondary N) is 1. The molecular weight excluding hydrogens is 198 g/mol. The van der Waals surface area contributed by atoms with Gasteiger partial charge in [-0.05, 0) is 6.92 Å². The number of imide groups is 1. The maximum Gasteiger partial charge on any atom is 0.240 e. The minimum absolute atomic E-state index is 0.220. The van der Waals surface area contributed by atoms with Crippen LogP contribution in [-0.4, -0.2) is 35.0 Å². The first-order valence-electron chi connectivity index (χ1n) is 4.61. The molecule has 1 aromatic rings. The van der Waals surface area contributed by atoms with Crippen molar-refractivity contribution in [3.63, 3.8) is 0 Å². The van der Waals surface area contributed by atoms with Gasteiger partial charge < -0.3 is 4.52 Å². The molecule has 0 radical (unpaired) electrons. The van der Waals surface area contributed by atoms with Crippen molar-refractivity contribution < 1.29 is 14.1 Å². The Hall–Kier alpha value is -1.69. The van der Waals surface area contributed by atoms with Crippen LogP contribution in [-0.2, 0) is 16.1 Å². The van der Waals surface area contributed by atoms with Crippen LogP contribution >= 0.6 is 0 Å². The quantitative estimate of drug-likeness (QED) is 0.661. The van der Waals surface area contributed by atoms with Crippen LogP contribution in [0.1, 0.15) is 11.5 Å². The zero-order valence-electron chi connectivity index (χ0n) is 8.32. The fourth-order valence-corrected chi connectivity index (χ4v) is 1.53. The summed E-state index contributed by atoms with van der Waals surface area (Å²) < 4.78 is 4.90. The first-order valence-corrected chi connectivity index (χ1v) is 4.61. The van der Waals surface area contributed by atoms with Gasteiger partial charge in [0.15, 0.2) is 0 Å². The number of hydrogen-bond acceptors (Lipinski definition) is 5. The van der Waals surface area contributed by atoms with Gasteiger partial charge >= 0.3 is 0 Å². The van der Waals surface area contributed by atoms with Gasteiger partial charge in [0.1, 0.15) is 5.76 Å². The highest BCUT2D eigenvalue weighted by molar-refractivity contribution is 5.99. The van der Waals surface area contributed by atoms with Crippen molar-refractivity contribution in [1.29, 1.82) is 0 Å². The molecule has 0 aliphatic carbocycles. The molecule has 0 aromatic carbocycles. The van der Waals surface area contributed by atoms with E-state index in [9.17, 15) is 9.59 Å². The van der Waals surface area contributed by atoms with Gasteiger partial charge in [0, 0.05) is 12.6 Å². The average Bonchev–Trinajstić information content (AvgIpc) is 2.49. The third-order valence-corrected chi connectivity index (χ3v) is 2.08. The molecule has 2 amide bonds. The number of piperazine rings is 1. The molecule has 6 nitrogen and oxygen atoms in total. The minimum atomic E-state index is -0.272. The second kappa shape index (κ2) is 3.82. The highest BCUT2D eigenvalue weighted by Crippen LogP contribution is 2.06. The summed E-state index contributed by atoms with van der Waals surface area (Å²) in [5.41, 5.74) is 0.731. The lowest BCUT2D eigenvalue weighted by Gasteiger charge is -2.23. The monoisotopic (exact) mass is 209 g/mol. The Balaban J connectivity index is 2.00. The lowest BCUT2D eigenvalue weighted by atomic mass is 10.3. The molecular formula is C9H11N3O3. The number of hydrogen-bond donors (Lipinski definition) is 1. The number of amides is 2. The second-order valence-corrected chi connectivity index (χ2v) is 3.55. The van der Waals surface area contributed by atoms with E-state index in [1.54, 1.807) is 17.9 Å². The summed E-state index contributed by atoms with van der Waals surface area (Å²) in [5, 5.41) is 6.04. The number of rotatable bonds is 2. The van der Waals surface area contributed by atoms with Crippen LogP contribution in [0.25, 0.3) is 0 Å². The van der Waals surface area contributed by atoms with Gasteiger partial charge in [-0.3, -0.25) is 19.8 Å². The predicted octanol–water partition coefficient (Wildman–Crippen LogP) is -0.559. The molecule has 0 atom stereocenters. The molecule has 0 unspecified atom stereocenters. The lowest BCUT2D eigenvalue weighted by Crippen LogP contribution is -2.50. The topological polar surface area (TPSA) is 75.4 Å². The van der Waals surface area contributed by atoms with Crippen LogP contribution in [0, 0.1) is 6.92 Å². The number of aryl methyl sites for hydroxylation is 1. The Morgan fingerprint density at radius 3 is 2.67 bits per heavy atom. The molecule has 1 aliphatic rings. The van der Waals surface area contributed by atoms with Crippen molar-refractivity contribution in [2.45, 2.75) is 13.5 Å². The van der Waals surface area contributed by atoms with Crippen LogP contribution in [0.4, 0.5) is 0 Å². The van der Waals surface area contributed by atoms with E-state index in [4.69, 9.17) is 4.52 Å². The fraction of sp³-hybridized carbons (Fsp3) is 0.444. The molecule has 0 saturated carbocycles. The van der Waals surface area contributed by atoms with Crippen LogP contribution in [0.3, 0.4) is 0 Å². The van der Waals surface area contributed by atoms with Gasteiger partial charge in [0.25, 0.3) is 0 Å². The predicted molar refractivity (Wildman–Crippen MR) is 49.7 cm³/mol. The minimum Gasteiger partial charge on any atom is -0.361 e. The highest BCUT2D eigenvalue weighted by Gasteiger charge is 2.22. The van der Waals surface area contributed by atoms with Gasteiger partial charge in [0.05, 0.1) is 18.8 Å². The molecule has 1 saturated heterocycles. The van der Waals surface area contributed by atoms with Gasteiger partial charge in [0.2, 0.25) is 11.8 Å². The maximum atomic E-state index is 11.1. The van der Waals surface area contributed by atoms with E-state index in [0.717, 1.165) is 11.5 Å². The van der Waals surface area contributed by atoms with Crippen molar-refractivity contribution in [1.82, 2.24) is 15.4 Å². The molecule has 0 spiro atoms. The van der Waals surface area contributed by atoms with E-state index in [2.05, 4.69) is 10.5 Å². The molecule has 6 heteroatoms. The Morgan fingerprint density at radius 2 is 2.13 bits per heavy atom. The van der Waals surface area contributed by atoms with Crippen molar-refractivity contribution in [3.8, 4) is 0 Å². The van der Waals surface area contributed by atoms with Gasteiger partial charge in [-0.25, -0.2) is 0 Å². The van der Waals surface area contributed by atoms with Crippen molar-refractivity contribution >= 4 is 11.8 Å². The van der Waals surface area contributed by atoms with E-state index >= 15 is 0 Å². The molecule has 2 heterocycles. The van der Waals surface area contributed by atoms with Crippen LogP contribution in [0.5, 0.6) is 0 Å². The van der Waals surface area contributed by atoms with Crippen LogP contribution in [0.15, 0.2) is 10.6 Å². The van der Waals surface area contributed by atoms with Crippen molar-refractivity contribution in [2.24, 2.45) is 0 Å². The first kappa shape index (κ1) is 9.85. The summed E-state index contributed by atoms with van der Waals surface area (Å²) in [7, 11) is 0. The van der Waals surface area contributed by atoms with E-state index in [1.165, 1.54) is 0 Å². The molecule has 1 aromatic heterocycles. The molecule has 15 heavy (non-hydrogen) atoms. The third-order valence-electron chi connectivity index (χ3n) is 2.08. The zero-order chi connectivity index (χ0) is 10.8. The smallest absolute Gasteiger partial charge is 0.240 e. The Morgan fingerprint density at radius 1 is 1.47 bits per heavy atom. The fourth-order valence-electron chi connectivity index (χ4n) is 1.53. The molecule has 2 rings (SSSR count). The highest BCUT2D eigenvalue weighted by atomic mass is 16.5. The number of carbonyl (C=O) groups excluding carboxylic acids is 2. The van der Waals surface area contributed by atoms with E-state index in [0.29, 0.717) is 6.54 Å². The number of aromatic nitrogens is 1. The average molecular weight is 209 g/mol. The molecule has 1 aliphatic heterocycles. The first-order chi connectivity index (χ1) is 7.13. The molecule has 0 bridgehead atoms. The molecule has 1 fully saturated rings. The normalized spacial score (nSPS) is 17.9. The Labute approximate surface area is 86.2 Å². The Bertz CT molecular complexity index is 383. The van der Waals surface area contributed by atoms with Gasteiger partial charge in [-0.15, -0.1) is 0 Å². The largest absolute Gasteiger partial charge is 0.361 e. The van der Waals surface area contributed by atoms with E-state index in [-0.39, 0.29) is 24.9 Å². The van der Waals surface area contributed by atoms with Crippen LogP contribution < -0.4 is 5.32 Å². The lowest BCUT2D eigenvalue weighted by molar-refractivity contribution is -0.136. The summed E-state index contributed by atoms with van der Waals surface area (Å²) >= 11 is 0. The summed E-state index contributed by atoms with van der Waals surface area (Å²) in [6.45, 7) is 2.69. The number of nitrogens with zero attached hydrogens (tertiary/aromatic N) is 2.